The van der Waals surface area contributed by atoms with Crippen LogP contribution in [0.25, 0.3) is 10.9 Å². The van der Waals surface area contributed by atoms with Crippen LogP contribution < -0.4 is 20.1 Å². The second-order valence-electron chi connectivity index (χ2n) is 6.81. The van der Waals surface area contributed by atoms with Crippen LogP contribution in [0.1, 0.15) is 17.3 Å². The summed E-state index contributed by atoms with van der Waals surface area (Å²) in [6.07, 6.45) is 1.27. The highest BCUT2D eigenvalue weighted by molar-refractivity contribution is 5.97. The normalized spacial score (nSPS) is 17.3. The minimum Gasteiger partial charge on any atom is -0.477 e. The Balaban J connectivity index is 1.94. The lowest BCUT2D eigenvalue weighted by molar-refractivity contribution is 0.0694. The van der Waals surface area contributed by atoms with Crippen molar-refractivity contribution in [2.75, 3.05) is 56.4 Å². The van der Waals surface area contributed by atoms with Crippen molar-refractivity contribution in [1.29, 1.82) is 0 Å². The maximum atomic E-state index is 15.1. The molecule has 27 heavy (non-hydrogen) atoms. The molecule has 144 valence electrons. The lowest BCUT2D eigenvalue weighted by atomic mass is 10.1. The highest BCUT2D eigenvalue weighted by Gasteiger charge is 2.30. The summed E-state index contributed by atoms with van der Waals surface area (Å²) < 4.78 is 22.4. The molecule has 2 aliphatic heterocycles. The van der Waals surface area contributed by atoms with E-state index >= 15 is 4.39 Å². The molecule has 2 aromatic rings. The first-order valence-electron chi connectivity index (χ1n) is 8.89. The molecule has 1 aromatic heterocycles. The molecule has 0 radical (unpaired) electrons. The third-order valence-electron chi connectivity index (χ3n) is 5.28. The van der Waals surface area contributed by atoms with Crippen molar-refractivity contribution in [3.63, 3.8) is 0 Å². The van der Waals surface area contributed by atoms with Gasteiger partial charge >= 0.3 is 5.97 Å². The molecule has 1 saturated heterocycles. The first-order chi connectivity index (χ1) is 12.9. The Labute approximate surface area is 154 Å². The standard InChI is InChI=1S/C18H21FN4O4/c1-3-21-4-6-22(7-5-21)15-13(19)8-11-14-17(15)27-10-20(2)23(14)9-12(16(11)24)18(25)26/h8-9H,3-7,10H2,1-2H3,(H,25,26). The van der Waals surface area contributed by atoms with E-state index in [0.717, 1.165) is 25.7 Å². The van der Waals surface area contributed by atoms with Crippen molar-refractivity contribution in [2.24, 2.45) is 0 Å². The second kappa shape index (κ2) is 6.41. The molecule has 0 aliphatic carbocycles. The Morgan fingerprint density at radius 2 is 2.00 bits per heavy atom. The smallest absolute Gasteiger partial charge is 0.341 e. The number of benzene rings is 1. The van der Waals surface area contributed by atoms with E-state index in [1.165, 1.54) is 6.20 Å². The van der Waals surface area contributed by atoms with Gasteiger partial charge in [0.15, 0.2) is 18.3 Å². The molecule has 0 saturated carbocycles. The van der Waals surface area contributed by atoms with Gasteiger partial charge in [0.05, 0.1) is 5.39 Å². The number of carbonyl (C=O) groups is 1. The molecule has 3 heterocycles. The van der Waals surface area contributed by atoms with E-state index in [1.807, 2.05) is 4.90 Å². The zero-order chi connectivity index (χ0) is 19.3. The van der Waals surface area contributed by atoms with Crippen molar-refractivity contribution in [3.8, 4) is 5.75 Å². The first-order valence-corrected chi connectivity index (χ1v) is 8.89. The second-order valence-corrected chi connectivity index (χ2v) is 6.81. The number of aromatic carboxylic acids is 1. The highest BCUT2D eigenvalue weighted by atomic mass is 19.1. The molecule has 1 N–H and O–H groups in total. The Hall–Kier alpha value is -2.81. The van der Waals surface area contributed by atoms with Gasteiger partial charge in [0.1, 0.15) is 16.8 Å². The number of carboxylic acids is 1. The van der Waals surface area contributed by atoms with Crippen LogP contribution in [0.3, 0.4) is 0 Å². The van der Waals surface area contributed by atoms with Crippen molar-refractivity contribution >= 4 is 22.6 Å². The Morgan fingerprint density at radius 1 is 1.30 bits per heavy atom. The van der Waals surface area contributed by atoms with Crippen LogP contribution in [-0.4, -0.2) is 67.2 Å². The van der Waals surface area contributed by atoms with Gasteiger partial charge in [-0.3, -0.25) is 14.5 Å². The van der Waals surface area contributed by atoms with E-state index < -0.39 is 22.8 Å². The van der Waals surface area contributed by atoms with Crippen molar-refractivity contribution in [3.05, 3.63) is 33.9 Å². The zero-order valence-electron chi connectivity index (χ0n) is 15.2. The third kappa shape index (κ3) is 2.69. The number of piperazine rings is 1. The molecule has 4 rings (SSSR count). The van der Waals surface area contributed by atoms with Crippen molar-refractivity contribution in [2.45, 2.75) is 6.92 Å². The van der Waals surface area contributed by atoms with Gasteiger partial charge in [0.25, 0.3) is 0 Å². The average molecular weight is 376 g/mol. The van der Waals surface area contributed by atoms with E-state index in [0.29, 0.717) is 30.0 Å². The topological polar surface area (TPSA) is 78.2 Å². The van der Waals surface area contributed by atoms with Gasteiger partial charge in [-0.1, -0.05) is 6.92 Å². The number of anilines is 1. The zero-order valence-corrected chi connectivity index (χ0v) is 15.2. The third-order valence-corrected chi connectivity index (χ3v) is 5.28. The lowest BCUT2D eigenvalue weighted by Crippen LogP contribution is -2.47. The summed E-state index contributed by atoms with van der Waals surface area (Å²) in [5.41, 5.74) is -0.378. The first kappa shape index (κ1) is 17.6. The number of carboxylic acid groups (broad SMARTS) is 1. The van der Waals surface area contributed by atoms with Gasteiger partial charge in [0.2, 0.25) is 5.43 Å². The molecular formula is C18H21FN4O4. The summed E-state index contributed by atoms with van der Waals surface area (Å²) in [7, 11) is 1.71. The number of likely N-dealkylation sites (N-methyl/N-ethyl adjacent to an activating group) is 1. The van der Waals surface area contributed by atoms with E-state index in [2.05, 4.69) is 11.8 Å². The summed E-state index contributed by atoms with van der Waals surface area (Å²) in [5.74, 6) is -1.62. The van der Waals surface area contributed by atoms with Gasteiger partial charge in [-0.25, -0.2) is 9.18 Å². The Morgan fingerprint density at radius 3 is 2.63 bits per heavy atom. The minimum absolute atomic E-state index is 0.00453. The van der Waals surface area contributed by atoms with E-state index in [1.54, 1.807) is 16.7 Å². The molecule has 0 spiro atoms. The van der Waals surface area contributed by atoms with Crippen LogP contribution in [0.4, 0.5) is 10.1 Å². The number of hydrogen-bond donors (Lipinski definition) is 1. The largest absolute Gasteiger partial charge is 0.477 e. The summed E-state index contributed by atoms with van der Waals surface area (Å²) in [6, 6.07) is 1.13. The van der Waals surface area contributed by atoms with E-state index in [-0.39, 0.29) is 12.1 Å². The van der Waals surface area contributed by atoms with Crippen molar-refractivity contribution in [1.82, 2.24) is 9.58 Å². The SMILES string of the molecule is CCN1CCN(c2c(F)cc3c(=O)c(C(=O)O)cn4c3c2OCN4C)CC1. The maximum Gasteiger partial charge on any atom is 0.341 e. The van der Waals surface area contributed by atoms with E-state index in [4.69, 9.17) is 4.74 Å². The van der Waals surface area contributed by atoms with Crippen LogP contribution in [0.2, 0.25) is 0 Å². The van der Waals surface area contributed by atoms with Gasteiger partial charge in [0, 0.05) is 39.4 Å². The number of nitrogens with zero attached hydrogens (tertiary/aromatic N) is 4. The van der Waals surface area contributed by atoms with Crippen molar-refractivity contribution < 1.29 is 19.0 Å². The molecule has 1 aromatic carbocycles. The number of ether oxygens (including phenoxy) is 1. The quantitative estimate of drug-likeness (QED) is 0.853. The molecule has 9 heteroatoms. The van der Waals surface area contributed by atoms with Crippen LogP contribution in [0, 0.1) is 5.82 Å². The van der Waals surface area contributed by atoms with Gasteiger partial charge in [-0.2, -0.15) is 0 Å². The van der Waals surface area contributed by atoms with Crippen LogP contribution in [0.5, 0.6) is 5.75 Å². The monoisotopic (exact) mass is 376 g/mol. The maximum absolute atomic E-state index is 15.1. The Kier molecular flexibility index (Phi) is 4.18. The fraction of sp³-hybridized carbons (Fsp3) is 0.444. The van der Waals surface area contributed by atoms with Gasteiger partial charge < -0.3 is 19.6 Å². The molecule has 8 nitrogen and oxygen atoms in total. The summed E-state index contributed by atoms with van der Waals surface area (Å²) in [5, 5.41) is 11.0. The van der Waals surface area contributed by atoms with Crippen LogP contribution in [0.15, 0.2) is 17.1 Å². The van der Waals surface area contributed by atoms with E-state index in [9.17, 15) is 14.7 Å². The number of rotatable bonds is 3. The predicted octanol–water partition coefficient (Wildman–Crippen LogP) is 0.898. The van der Waals surface area contributed by atoms with Gasteiger partial charge in [-0.15, -0.1) is 0 Å². The summed E-state index contributed by atoms with van der Waals surface area (Å²) in [4.78, 5) is 28.2. The number of halogens is 1. The van der Waals surface area contributed by atoms with Crippen LogP contribution >= 0.6 is 0 Å². The highest BCUT2D eigenvalue weighted by Crippen LogP contribution is 2.40. The molecule has 0 amide bonds. The number of aromatic nitrogens is 1. The lowest BCUT2D eigenvalue weighted by Gasteiger charge is -2.38. The van der Waals surface area contributed by atoms with Crippen LogP contribution in [-0.2, 0) is 0 Å². The fourth-order valence-corrected chi connectivity index (χ4v) is 3.76. The summed E-state index contributed by atoms with van der Waals surface area (Å²) in [6.45, 7) is 6.10. The Bertz CT molecular complexity index is 982. The van der Waals surface area contributed by atoms with Gasteiger partial charge in [-0.05, 0) is 12.6 Å². The molecule has 0 atom stereocenters. The number of pyridine rings is 1. The average Bonchev–Trinajstić information content (AvgIpc) is 2.66. The molecule has 1 fully saturated rings. The molecule has 0 bridgehead atoms. The summed E-state index contributed by atoms with van der Waals surface area (Å²) >= 11 is 0. The predicted molar refractivity (Wildman–Crippen MR) is 99.1 cm³/mol. The molecular weight excluding hydrogens is 355 g/mol. The minimum atomic E-state index is -1.34. The fourth-order valence-electron chi connectivity index (χ4n) is 3.76. The molecule has 0 unspecified atom stereocenters. The molecule has 2 aliphatic rings. The number of hydrogen-bond acceptors (Lipinski definition) is 6.